The monoisotopic (exact) mass is 281 g/mol. The molecule has 0 N–H and O–H groups in total. The van der Waals surface area contributed by atoms with Crippen LogP contribution in [-0.4, -0.2) is 10.9 Å². The molecule has 3 rings (SSSR count). The van der Waals surface area contributed by atoms with E-state index in [1.165, 1.54) is 43.4 Å². The number of nitrogens with zero attached hydrogens (tertiary/aromatic N) is 1. The highest BCUT2D eigenvalue weighted by Gasteiger charge is 2.17. The third-order valence-corrected chi connectivity index (χ3v) is 4.63. The molecular formula is C19H23NO. The Bertz CT molecular complexity index is 579. The zero-order valence-electron chi connectivity index (χ0n) is 12.5. The summed E-state index contributed by atoms with van der Waals surface area (Å²) in [6, 6.07) is 14.5. The van der Waals surface area contributed by atoms with Gasteiger partial charge in [0, 0.05) is 12.2 Å². The van der Waals surface area contributed by atoms with E-state index in [1.807, 2.05) is 12.1 Å². The van der Waals surface area contributed by atoms with Crippen molar-refractivity contribution in [1.29, 1.82) is 0 Å². The molecule has 0 bridgehead atoms. The Morgan fingerprint density at radius 2 is 1.76 bits per heavy atom. The van der Waals surface area contributed by atoms with E-state index in [0.717, 1.165) is 30.9 Å². The molecule has 0 aliphatic heterocycles. The van der Waals surface area contributed by atoms with Crippen molar-refractivity contribution in [3.63, 3.8) is 0 Å². The summed E-state index contributed by atoms with van der Waals surface area (Å²) in [5, 5.41) is 0. The highest BCUT2D eigenvalue weighted by Crippen LogP contribution is 2.27. The number of hydrogen-bond donors (Lipinski definition) is 0. The van der Waals surface area contributed by atoms with Crippen LogP contribution in [0.1, 0.15) is 53.8 Å². The molecule has 0 saturated heterocycles. The van der Waals surface area contributed by atoms with Crippen LogP contribution in [0.5, 0.6) is 0 Å². The minimum atomic E-state index is 0.794. The van der Waals surface area contributed by atoms with Crippen molar-refractivity contribution in [2.75, 3.05) is 0 Å². The molecule has 1 fully saturated rings. The number of carbonyl (C=O) groups is 1. The summed E-state index contributed by atoms with van der Waals surface area (Å²) in [6.07, 6.45) is 8.89. The SMILES string of the molecule is O=Cc1ccc(CC2CCCCC2)n1Cc1ccccc1. The van der Waals surface area contributed by atoms with E-state index < -0.39 is 0 Å². The molecule has 0 unspecified atom stereocenters. The maximum atomic E-state index is 11.3. The molecule has 1 aliphatic carbocycles. The van der Waals surface area contributed by atoms with Gasteiger partial charge in [0.2, 0.25) is 0 Å². The van der Waals surface area contributed by atoms with Gasteiger partial charge in [-0.2, -0.15) is 0 Å². The van der Waals surface area contributed by atoms with E-state index in [4.69, 9.17) is 0 Å². The predicted octanol–water partition coefficient (Wildman–Crippen LogP) is 4.47. The first-order valence-corrected chi connectivity index (χ1v) is 8.04. The topological polar surface area (TPSA) is 22.0 Å². The van der Waals surface area contributed by atoms with Gasteiger partial charge in [0.15, 0.2) is 6.29 Å². The fourth-order valence-electron chi connectivity index (χ4n) is 3.45. The van der Waals surface area contributed by atoms with Gasteiger partial charge in [0.1, 0.15) is 0 Å². The van der Waals surface area contributed by atoms with Crippen LogP contribution >= 0.6 is 0 Å². The van der Waals surface area contributed by atoms with Gasteiger partial charge in [-0.3, -0.25) is 4.79 Å². The third kappa shape index (κ3) is 3.44. The Kier molecular flexibility index (Phi) is 4.54. The summed E-state index contributed by atoms with van der Waals surface area (Å²) >= 11 is 0. The van der Waals surface area contributed by atoms with Crippen LogP contribution in [0.4, 0.5) is 0 Å². The second-order valence-electron chi connectivity index (χ2n) is 6.15. The average Bonchev–Trinajstić information content (AvgIpc) is 2.91. The number of carbonyl (C=O) groups excluding carboxylic acids is 1. The quantitative estimate of drug-likeness (QED) is 0.741. The molecule has 110 valence electrons. The van der Waals surface area contributed by atoms with Crippen LogP contribution in [0.2, 0.25) is 0 Å². The summed E-state index contributed by atoms with van der Waals surface area (Å²) in [4.78, 5) is 11.3. The molecule has 1 saturated carbocycles. The maximum absolute atomic E-state index is 11.3. The average molecular weight is 281 g/mol. The van der Waals surface area contributed by atoms with Gasteiger partial charge in [-0.25, -0.2) is 0 Å². The highest BCUT2D eigenvalue weighted by molar-refractivity contribution is 5.72. The molecule has 0 radical (unpaired) electrons. The Morgan fingerprint density at radius 1 is 1.00 bits per heavy atom. The third-order valence-electron chi connectivity index (χ3n) is 4.63. The van der Waals surface area contributed by atoms with Crippen LogP contribution in [-0.2, 0) is 13.0 Å². The van der Waals surface area contributed by atoms with Gasteiger partial charge in [-0.05, 0) is 30.0 Å². The summed E-state index contributed by atoms with van der Waals surface area (Å²) < 4.78 is 2.19. The number of aldehydes is 1. The molecular weight excluding hydrogens is 258 g/mol. The van der Waals surface area contributed by atoms with Gasteiger partial charge >= 0.3 is 0 Å². The number of hydrogen-bond acceptors (Lipinski definition) is 1. The molecule has 1 heterocycles. The maximum Gasteiger partial charge on any atom is 0.166 e. The lowest BCUT2D eigenvalue weighted by atomic mass is 9.86. The summed E-state index contributed by atoms with van der Waals surface area (Å²) in [7, 11) is 0. The Balaban J connectivity index is 1.80. The molecule has 0 amide bonds. The van der Waals surface area contributed by atoms with Gasteiger partial charge in [-0.15, -0.1) is 0 Å². The van der Waals surface area contributed by atoms with Crippen molar-refractivity contribution in [1.82, 2.24) is 4.57 Å². The van der Waals surface area contributed by atoms with Gasteiger partial charge in [-0.1, -0.05) is 62.4 Å². The molecule has 1 aromatic heterocycles. The normalized spacial score (nSPS) is 16.0. The second kappa shape index (κ2) is 6.75. The minimum Gasteiger partial charge on any atom is -0.338 e. The zero-order chi connectivity index (χ0) is 14.5. The van der Waals surface area contributed by atoms with Crippen LogP contribution < -0.4 is 0 Å². The smallest absolute Gasteiger partial charge is 0.166 e. The highest BCUT2D eigenvalue weighted by atomic mass is 16.1. The van der Waals surface area contributed by atoms with E-state index >= 15 is 0 Å². The van der Waals surface area contributed by atoms with Gasteiger partial charge in [0.05, 0.1) is 5.69 Å². The lowest BCUT2D eigenvalue weighted by Crippen LogP contribution is -2.14. The largest absolute Gasteiger partial charge is 0.338 e. The first-order chi connectivity index (χ1) is 10.4. The standard InChI is InChI=1S/C19H23NO/c21-15-19-12-11-18(13-16-7-3-1-4-8-16)20(19)14-17-9-5-2-6-10-17/h2,5-6,9-12,15-16H,1,3-4,7-8,13-14H2. The number of aromatic nitrogens is 1. The minimum absolute atomic E-state index is 0.794. The van der Waals surface area contributed by atoms with E-state index in [-0.39, 0.29) is 0 Å². The lowest BCUT2D eigenvalue weighted by molar-refractivity contribution is 0.111. The van der Waals surface area contributed by atoms with Crippen molar-refractivity contribution in [3.05, 3.63) is 59.4 Å². The van der Waals surface area contributed by atoms with Crippen molar-refractivity contribution in [3.8, 4) is 0 Å². The first-order valence-electron chi connectivity index (χ1n) is 8.04. The first kappa shape index (κ1) is 14.1. The Morgan fingerprint density at radius 3 is 2.48 bits per heavy atom. The van der Waals surface area contributed by atoms with Crippen molar-refractivity contribution in [2.45, 2.75) is 45.1 Å². The fraction of sp³-hybridized carbons (Fsp3) is 0.421. The Hall–Kier alpha value is -1.83. The van der Waals surface area contributed by atoms with E-state index in [1.54, 1.807) is 0 Å². The molecule has 2 nitrogen and oxygen atoms in total. The summed E-state index contributed by atoms with van der Waals surface area (Å²) in [5.41, 5.74) is 3.36. The van der Waals surface area contributed by atoms with Crippen molar-refractivity contribution < 1.29 is 4.79 Å². The summed E-state index contributed by atoms with van der Waals surface area (Å²) in [6.45, 7) is 0.796. The van der Waals surface area contributed by atoms with Crippen molar-refractivity contribution in [2.24, 2.45) is 5.92 Å². The number of rotatable bonds is 5. The van der Waals surface area contributed by atoms with Gasteiger partial charge < -0.3 is 4.57 Å². The summed E-state index contributed by atoms with van der Waals surface area (Å²) in [5.74, 6) is 0.794. The molecule has 0 spiro atoms. The lowest BCUT2D eigenvalue weighted by Gasteiger charge is -2.22. The Labute approximate surface area is 126 Å². The zero-order valence-corrected chi connectivity index (χ0v) is 12.5. The van der Waals surface area contributed by atoms with Crippen LogP contribution in [0, 0.1) is 5.92 Å². The van der Waals surface area contributed by atoms with Crippen LogP contribution in [0.15, 0.2) is 42.5 Å². The van der Waals surface area contributed by atoms with Crippen LogP contribution in [0.25, 0.3) is 0 Å². The molecule has 21 heavy (non-hydrogen) atoms. The van der Waals surface area contributed by atoms with Crippen LogP contribution in [0.3, 0.4) is 0 Å². The second-order valence-corrected chi connectivity index (χ2v) is 6.15. The predicted molar refractivity (Wildman–Crippen MR) is 85.6 cm³/mol. The fourth-order valence-corrected chi connectivity index (χ4v) is 3.45. The van der Waals surface area contributed by atoms with Crippen molar-refractivity contribution >= 4 is 6.29 Å². The van der Waals surface area contributed by atoms with E-state index in [0.29, 0.717) is 0 Å². The van der Waals surface area contributed by atoms with E-state index in [2.05, 4.69) is 34.9 Å². The molecule has 1 aliphatic rings. The molecule has 1 aromatic carbocycles. The van der Waals surface area contributed by atoms with E-state index in [9.17, 15) is 4.79 Å². The molecule has 0 atom stereocenters. The number of benzene rings is 1. The molecule has 2 aromatic rings. The van der Waals surface area contributed by atoms with Gasteiger partial charge in [0.25, 0.3) is 0 Å². The molecule has 2 heteroatoms.